The molecule has 0 amide bonds. The molecule has 0 saturated carbocycles. The van der Waals surface area contributed by atoms with Crippen molar-refractivity contribution in [1.29, 1.82) is 0 Å². The van der Waals surface area contributed by atoms with Crippen LogP contribution < -0.4 is 14.2 Å². The normalized spacial score (nSPS) is 14.5. The Labute approximate surface area is 122 Å². The average Bonchev–Trinajstić information content (AvgIpc) is 2.33. The zero-order chi connectivity index (χ0) is 15.6. The van der Waals surface area contributed by atoms with Crippen LogP contribution in [0.1, 0.15) is 12.5 Å². The molecule has 0 aliphatic rings. The summed E-state index contributed by atoms with van der Waals surface area (Å²) >= 11 is 0. The van der Waals surface area contributed by atoms with Crippen molar-refractivity contribution in [3.63, 3.8) is 0 Å². The van der Waals surface area contributed by atoms with Crippen molar-refractivity contribution in [1.82, 2.24) is 0 Å². The molecule has 1 aromatic rings. The Bertz CT molecular complexity index is 561. The summed E-state index contributed by atoms with van der Waals surface area (Å²) in [5, 5.41) is 0. The predicted molar refractivity (Wildman–Crippen MR) is 74.2 cm³/mol. The molecule has 20 heavy (non-hydrogen) atoms. The summed E-state index contributed by atoms with van der Waals surface area (Å²) in [5.74, 6) is -0.0983. The van der Waals surface area contributed by atoms with Gasteiger partial charge in [-0.05, 0) is 24.6 Å². The van der Waals surface area contributed by atoms with E-state index in [1.165, 1.54) is 33.5 Å². The molecule has 0 saturated heterocycles. The van der Waals surface area contributed by atoms with Crippen molar-refractivity contribution >= 4 is 19.7 Å². The summed E-state index contributed by atoms with van der Waals surface area (Å²) in [6.45, 7) is 1.12. The minimum atomic E-state index is -4.00. The number of hydrogen-bond donors (Lipinski definition) is 0. The van der Waals surface area contributed by atoms with Gasteiger partial charge in [-0.2, -0.15) is 0 Å². The van der Waals surface area contributed by atoms with E-state index >= 15 is 0 Å². The van der Waals surface area contributed by atoms with Gasteiger partial charge in [-0.25, -0.2) is 12.8 Å². The Morgan fingerprint density at radius 1 is 1.15 bits per heavy atom. The van der Waals surface area contributed by atoms with E-state index in [9.17, 15) is 12.8 Å². The van der Waals surface area contributed by atoms with Crippen LogP contribution >= 0.6 is 10.7 Å². The molecule has 8 heteroatoms. The van der Waals surface area contributed by atoms with Gasteiger partial charge in [0.1, 0.15) is 11.4 Å². The maximum Gasteiger partial charge on any atom is 0.236 e. The molecule has 0 N–H and O–H groups in total. The van der Waals surface area contributed by atoms with Crippen LogP contribution in [0.2, 0.25) is 0 Å². The average molecular weight is 327 g/mol. The summed E-state index contributed by atoms with van der Waals surface area (Å²) in [6.07, 6.45) is 0. The zero-order valence-electron chi connectivity index (χ0n) is 11.6. The van der Waals surface area contributed by atoms with E-state index in [0.29, 0.717) is 5.75 Å². The minimum Gasteiger partial charge on any atom is -0.493 e. The van der Waals surface area contributed by atoms with Crippen LogP contribution in [-0.2, 0) is 14.7 Å². The van der Waals surface area contributed by atoms with Crippen LogP contribution in [0.15, 0.2) is 12.1 Å². The fourth-order valence-corrected chi connectivity index (χ4v) is 3.22. The first kappa shape index (κ1) is 16.8. The molecule has 0 heterocycles. The van der Waals surface area contributed by atoms with Crippen molar-refractivity contribution in [3.8, 4) is 17.2 Å². The Morgan fingerprint density at radius 3 is 1.90 bits per heavy atom. The Morgan fingerprint density at radius 2 is 1.60 bits per heavy atom. The molecule has 1 atom stereocenters. The van der Waals surface area contributed by atoms with Gasteiger partial charge in [-0.1, -0.05) is 0 Å². The molecular formula is C12H16ClFO5S. The third-order valence-electron chi connectivity index (χ3n) is 2.71. The van der Waals surface area contributed by atoms with E-state index in [1.54, 1.807) is 0 Å². The Hall–Kier alpha value is -1.21. The van der Waals surface area contributed by atoms with Crippen LogP contribution in [0.5, 0.6) is 17.2 Å². The molecule has 1 aromatic carbocycles. The van der Waals surface area contributed by atoms with E-state index < -0.39 is 20.5 Å². The van der Waals surface area contributed by atoms with Crippen LogP contribution in [0, 0.1) is 0 Å². The summed E-state index contributed by atoms with van der Waals surface area (Å²) in [4.78, 5) is 0. The summed E-state index contributed by atoms with van der Waals surface area (Å²) < 4.78 is 52.0. The lowest BCUT2D eigenvalue weighted by Gasteiger charge is -2.22. The van der Waals surface area contributed by atoms with Gasteiger partial charge in [0.2, 0.25) is 14.8 Å². The molecule has 0 aliphatic carbocycles. The van der Waals surface area contributed by atoms with Gasteiger partial charge >= 0.3 is 0 Å². The van der Waals surface area contributed by atoms with Gasteiger partial charge in [0.05, 0.1) is 21.3 Å². The zero-order valence-corrected chi connectivity index (χ0v) is 13.1. The SMILES string of the molecule is COc1cc(C(C)(F)CS(=O)(=O)Cl)cc(OC)c1OC. The van der Waals surface area contributed by atoms with Crippen molar-refractivity contribution in [2.45, 2.75) is 12.6 Å². The lowest BCUT2D eigenvalue weighted by atomic mass is 9.99. The Balaban J connectivity index is 3.39. The monoisotopic (exact) mass is 326 g/mol. The molecule has 1 rings (SSSR count). The number of alkyl halides is 1. The molecule has 1 unspecified atom stereocenters. The van der Waals surface area contributed by atoms with Gasteiger partial charge < -0.3 is 14.2 Å². The molecule has 114 valence electrons. The van der Waals surface area contributed by atoms with E-state index in [0.717, 1.165) is 6.92 Å². The van der Waals surface area contributed by atoms with Crippen molar-refractivity contribution in [3.05, 3.63) is 17.7 Å². The Kier molecular flexibility index (Phi) is 5.10. The molecule has 5 nitrogen and oxygen atoms in total. The fraction of sp³-hybridized carbons (Fsp3) is 0.500. The highest BCUT2D eigenvalue weighted by Crippen LogP contribution is 2.42. The standard InChI is InChI=1S/C12H16ClFO5S/c1-12(14,7-20(13,15)16)8-5-9(17-2)11(19-4)10(6-8)18-3/h5-6H,7H2,1-4H3. The first-order valence-corrected chi connectivity index (χ1v) is 8.04. The van der Waals surface area contributed by atoms with Crippen molar-refractivity contribution < 1.29 is 27.0 Å². The largest absolute Gasteiger partial charge is 0.493 e. The third kappa shape index (κ3) is 3.89. The highest BCUT2D eigenvalue weighted by Gasteiger charge is 2.33. The van der Waals surface area contributed by atoms with Crippen LogP contribution in [0.25, 0.3) is 0 Å². The summed E-state index contributed by atoms with van der Waals surface area (Å²) in [5.41, 5.74) is -2.12. The number of halogens is 2. The van der Waals surface area contributed by atoms with Gasteiger partial charge in [-0.3, -0.25) is 0 Å². The van der Waals surface area contributed by atoms with Crippen LogP contribution in [-0.4, -0.2) is 35.5 Å². The molecule has 0 aromatic heterocycles. The second kappa shape index (κ2) is 6.05. The van der Waals surface area contributed by atoms with E-state index in [-0.39, 0.29) is 17.1 Å². The number of rotatable bonds is 6. The smallest absolute Gasteiger partial charge is 0.236 e. The van der Waals surface area contributed by atoms with Gasteiger partial charge in [0.25, 0.3) is 0 Å². The number of hydrogen-bond acceptors (Lipinski definition) is 5. The van der Waals surface area contributed by atoms with E-state index in [4.69, 9.17) is 24.9 Å². The maximum absolute atomic E-state index is 14.6. The summed E-state index contributed by atoms with van der Waals surface area (Å²) in [6, 6.07) is 2.70. The minimum absolute atomic E-state index is 0.0659. The van der Waals surface area contributed by atoms with E-state index in [2.05, 4.69) is 0 Å². The molecule has 0 bridgehead atoms. The summed E-state index contributed by atoms with van der Waals surface area (Å²) in [7, 11) is 5.30. The molecule has 0 fully saturated rings. The number of methoxy groups -OCH3 is 3. The molecule has 0 spiro atoms. The first-order valence-electron chi connectivity index (χ1n) is 5.56. The predicted octanol–water partition coefficient (Wildman–Crippen LogP) is 2.47. The lowest BCUT2D eigenvalue weighted by molar-refractivity contribution is 0.222. The fourth-order valence-electron chi connectivity index (χ4n) is 1.79. The van der Waals surface area contributed by atoms with Gasteiger partial charge in [-0.15, -0.1) is 0 Å². The molecule has 0 radical (unpaired) electrons. The quantitative estimate of drug-likeness (QED) is 0.751. The number of ether oxygens (including phenoxy) is 3. The second-order valence-corrected chi connectivity index (χ2v) is 7.07. The van der Waals surface area contributed by atoms with E-state index in [1.807, 2.05) is 0 Å². The highest BCUT2D eigenvalue weighted by molar-refractivity contribution is 8.13. The maximum atomic E-state index is 14.6. The van der Waals surface area contributed by atoms with Gasteiger partial charge in [0, 0.05) is 10.7 Å². The van der Waals surface area contributed by atoms with Gasteiger partial charge in [0.15, 0.2) is 11.5 Å². The lowest BCUT2D eigenvalue weighted by Crippen LogP contribution is -2.24. The van der Waals surface area contributed by atoms with Crippen LogP contribution in [0.3, 0.4) is 0 Å². The molecular weight excluding hydrogens is 311 g/mol. The van der Waals surface area contributed by atoms with Crippen molar-refractivity contribution in [2.24, 2.45) is 0 Å². The third-order valence-corrected chi connectivity index (χ3v) is 3.92. The topological polar surface area (TPSA) is 61.8 Å². The number of benzene rings is 1. The highest BCUT2D eigenvalue weighted by atomic mass is 35.7. The van der Waals surface area contributed by atoms with Crippen molar-refractivity contribution in [2.75, 3.05) is 27.1 Å². The molecule has 0 aliphatic heterocycles. The first-order chi connectivity index (χ1) is 9.14. The second-order valence-electron chi connectivity index (χ2n) is 4.29. The van der Waals surface area contributed by atoms with Crippen LogP contribution in [0.4, 0.5) is 4.39 Å².